The van der Waals surface area contributed by atoms with Crippen molar-refractivity contribution in [1.82, 2.24) is 0 Å². The van der Waals surface area contributed by atoms with Crippen molar-refractivity contribution in [2.24, 2.45) is 47.3 Å². The third-order valence-electron chi connectivity index (χ3n) is 9.18. The van der Waals surface area contributed by atoms with E-state index < -0.39 is 0 Å². The fourth-order valence-electron chi connectivity index (χ4n) is 8.29. The standard InChI is InChI=1S/C26H26ClNO2/c1-12-2-3-17(11-20(12)27)28-25(29)23-18-4-5-19(24(23)26(28)30)22(18)21-15-7-13-6-14(9-15)10-16(21)8-13/h2-5,11,13-16,18-19,23-24H,6-10H2,1H3/t13?,14?,15?,16?,18-,19+,23-,24-/m0/s1. The number of hydrogen-bond donors (Lipinski definition) is 0. The molecule has 6 bridgehead atoms. The fourth-order valence-corrected chi connectivity index (χ4v) is 8.46. The predicted molar refractivity (Wildman–Crippen MR) is 116 cm³/mol. The maximum atomic E-state index is 13.5. The van der Waals surface area contributed by atoms with Gasteiger partial charge in [0.05, 0.1) is 17.5 Å². The Hall–Kier alpha value is -1.87. The molecule has 5 saturated carbocycles. The van der Waals surface area contributed by atoms with Crippen LogP contribution in [0.5, 0.6) is 0 Å². The topological polar surface area (TPSA) is 37.4 Å². The van der Waals surface area contributed by atoms with Crippen LogP contribution in [0.2, 0.25) is 5.02 Å². The summed E-state index contributed by atoms with van der Waals surface area (Å²) in [5.41, 5.74) is 4.75. The van der Waals surface area contributed by atoms with Crippen molar-refractivity contribution < 1.29 is 9.59 Å². The van der Waals surface area contributed by atoms with Crippen molar-refractivity contribution in [3.05, 3.63) is 52.1 Å². The zero-order valence-corrected chi connectivity index (χ0v) is 17.9. The second-order valence-corrected chi connectivity index (χ2v) is 11.1. The zero-order chi connectivity index (χ0) is 20.3. The van der Waals surface area contributed by atoms with Gasteiger partial charge in [0.2, 0.25) is 11.8 Å². The Kier molecular flexibility index (Phi) is 3.48. The predicted octanol–water partition coefficient (Wildman–Crippen LogP) is 5.32. The first-order valence-corrected chi connectivity index (χ1v) is 11.9. The molecule has 1 aromatic rings. The van der Waals surface area contributed by atoms with Gasteiger partial charge in [-0.3, -0.25) is 9.59 Å². The normalized spacial score (nSPS) is 42.8. The van der Waals surface area contributed by atoms with Crippen LogP contribution in [0.15, 0.2) is 41.5 Å². The maximum Gasteiger partial charge on any atom is 0.238 e. The number of anilines is 1. The van der Waals surface area contributed by atoms with Gasteiger partial charge in [0.1, 0.15) is 0 Å². The average Bonchev–Trinajstić information content (AvgIpc) is 3.33. The molecule has 6 aliphatic carbocycles. The molecule has 4 heteroatoms. The van der Waals surface area contributed by atoms with Gasteiger partial charge in [0.25, 0.3) is 0 Å². The van der Waals surface area contributed by atoms with Gasteiger partial charge >= 0.3 is 0 Å². The molecule has 0 N–H and O–H groups in total. The number of carbonyl (C=O) groups excluding carboxylic acids is 2. The van der Waals surface area contributed by atoms with Crippen LogP contribution in [0, 0.1) is 54.3 Å². The highest BCUT2D eigenvalue weighted by atomic mass is 35.5. The lowest BCUT2D eigenvalue weighted by Crippen LogP contribution is -2.41. The highest BCUT2D eigenvalue weighted by Gasteiger charge is 2.63. The summed E-state index contributed by atoms with van der Waals surface area (Å²) in [6.07, 6.45) is 11.3. The summed E-state index contributed by atoms with van der Waals surface area (Å²) >= 11 is 6.30. The van der Waals surface area contributed by atoms with Crippen molar-refractivity contribution in [2.75, 3.05) is 4.90 Å². The van der Waals surface area contributed by atoms with E-state index in [1.54, 1.807) is 11.6 Å². The quantitative estimate of drug-likeness (QED) is 0.456. The van der Waals surface area contributed by atoms with E-state index in [-0.39, 0.29) is 35.5 Å². The molecular formula is C26H26ClNO2. The smallest absolute Gasteiger partial charge is 0.238 e. The molecule has 6 fully saturated rings. The van der Waals surface area contributed by atoms with Gasteiger partial charge in [-0.2, -0.15) is 0 Å². The highest BCUT2D eigenvalue weighted by molar-refractivity contribution is 6.32. The van der Waals surface area contributed by atoms with E-state index >= 15 is 0 Å². The Balaban J connectivity index is 1.28. The van der Waals surface area contributed by atoms with Gasteiger partial charge < -0.3 is 0 Å². The number of benzene rings is 1. The summed E-state index contributed by atoms with van der Waals surface area (Å²) in [5.74, 6) is 3.08. The summed E-state index contributed by atoms with van der Waals surface area (Å²) in [4.78, 5) is 28.5. The minimum Gasteiger partial charge on any atom is -0.274 e. The number of carbonyl (C=O) groups is 2. The average molecular weight is 420 g/mol. The van der Waals surface area contributed by atoms with E-state index in [2.05, 4.69) is 12.2 Å². The molecule has 0 radical (unpaired) electrons. The SMILES string of the molecule is Cc1ccc(N2C(=O)[C@@H]3[C@@H](C2=O)[C@H]2C=C[C@@H]3C2=C2C3CC4CC(C3)CC2C4)cc1Cl. The number of rotatable bonds is 1. The lowest BCUT2D eigenvalue weighted by atomic mass is 9.53. The molecule has 1 aromatic carbocycles. The number of aryl methyl sites for hydroxylation is 1. The number of amides is 2. The summed E-state index contributed by atoms with van der Waals surface area (Å²) in [6, 6.07) is 5.51. The number of fused-ring (bicyclic) bond motifs is 5. The van der Waals surface area contributed by atoms with Crippen LogP contribution < -0.4 is 4.90 Å². The van der Waals surface area contributed by atoms with Gasteiger partial charge in [-0.1, -0.05) is 41.0 Å². The summed E-state index contributed by atoms with van der Waals surface area (Å²) < 4.78 is 0. The first-order chi connectivity index (χ1) is 14.5. The highest BCUT2D eigenvalue weighted by Crippen LogP contribution is 2.63. The third-order valence-corrected chi connectivity index (χ3v) is 9.59. The van der Waals surface area contributed by atoms with Gasteiger partial charge in [0.15, 0.2) is 0 Å². The van der Waals surface area contributed by atoms with E-state index in [0.29, 0.717) is 10.7 Å². The molecular weight excluding hydrogens is 394 g/mol. The molecule has 4 atom stereocenters. The molecule has 30 heavy (non-hydrogen) atoms. The van der Waals surface area contributed by atoms with Gasteiger partial charge in [-0.25, -0.2) is 4.90 Å². The molecule has 0 unspecified atom stereocenters. The van der Waals surface area contributed by atoms with Crippen molar-refractivity contribution >= 4 is 29.1 Å². The third kappa shape index (κ3) is 2.12. The van der Waals surface area contributed by atoms with E-state index in [4.69, 9.17) is 11.6 Å². The molecule has 1 saturated heterocycles. The molecule has 154 valence electrons. The minimum atomic E-state index is -0.215. The Morgan fingerprint density at radius 2 is 1.40 bits per heavy atom. The van der Waals surface area contributed by atoms with E-state index in [9.17, 15) is 9.59 Å². The lowest BCUT2D eigenvalue weighted by molar-refractivity contribution is -0.122. The van der Waals surface area contributed by atoms with E-state index in [1.807, 2.05) is 19.1 Å². The zero-order valence-electron chi connectivity index (χ0n) is 17.2. The van der Waals surface area contributed by atoms with Crippen LogP contribution in [-0.4, -0.2) is 11.8 Å². The number of imide groups is 1. The number of allylic oxidation sites excluding steroid dienone is 4. The summed E-state index contributed by atoms with van der Waals surface area (Å²) in [5, 5.41) is 0.600. The largest absolute Gasteiger partial charge is 0.274 e. The summed E-state index contributed by atoms with van der Waals surface area (Å²) in [7, 11) is 0. The van der Waals surface area contributed by atoms with Gasteiger partial charge in [-0.05, 0) is 80.4 Å². The Labute approximate surface area is 182 Å². The van der Waals surface area contributed by atoms with Crippen LogP contribution in [0.25, 0.3) is 0 Å². The Bertz CT molecular complexity index is 1000. The maximum absolute atomic E-state index is 13.5. The van der Waals surface area contributed by atoms with Crippen molar-refractivity contribution in [3.8, 4) is 0 Å². The van der Waals surface area contributed by atoms with E-state index in [1.165, 1.54) is 42.6 Å². The Morgan fingerprint density at radius 1 is 0.833 bits per heavy atom. The number of halogens is 1. The number of hydrogen-bond acceptors (Lipinski definition) is 2. The fraction of sp³-hybridized carbons (Fsp3) is 0.538. The lowest BCUT2D eigenvalue weighted by Gasteiger charge is -2.52. The van der Waals surface area contributed by atoms with E-state index in [0.717, 1.165) is 29.2 Å². The van der Waals surface area contributed by atoms with Crippen LogP contribution in [0.4, 0.5) is 5.69 Å². The molecule has 8 rings (SSSR count). The summed E-state index contributed by atoms with van der Waals surface area (Å²) in [6.45, 7) is 1.93. The van der Waals surface area contributed by atoms with Crippen LogP contribution in [0.1, 0.15) is 37.7 Å². The molecule has 0 spiro atoms. The molecule has 0 aromatic heterocycles. The molecule has 1 heterocycles. The minimum absolute atomic E-state index is 0.0244. The second kappa shape index (κ2) is 5.88. The van der Waals surface area contributed by atoms with Crippen molar-refractivity contribution in [1.29, 1.82) is 0 Å². The van der Waals surface area contributed by atoms with Crippen molar-refractivity contribution in [3.63, 3.8) is 0 Å². The van der Waals surface area contributed by atoms with Crippen LogP contribution in [-0.2, 0) is 9.59 Å². The van der Waals surface area contributed by atoms with Crippen LogP contribution >= 0.6 is 11.6 Å². The number of nitrogens with zero attached hydrogens (tertiary/aromatic N) is 1. The van der Waals surface area contributed by atoms with Gasteiger partial charge in [-0.15, -0.1) is 0 Å². The molecule has 3 nitrogen and oxygen atoms in total. The molecule has 7 aliphatic rings. The molecule has 2 amide bonds. The second-order valence-electron chi connectivity index (χ2n) is 10.6. The van der Waals surface area contributed by atoms with Crippen LogP contribution in [0.3, 0.4) is 0 Å². The van der Waals surface area contributed by atoms with Gasteiger partial charge in [0, 0.05) is 16.9 Å². The first kappa shape index (κ1) is 17.8. The monoisotopic (exact) mass is 419 g/mol. The first-order valence-electron chi connectivity index (χ1n) is 11.6. The Morgan fingerprint density at radius 3 is 1.93 bits per heavy atom. The molecule has 1 aliphatic heterocycles. The van der Waals surface area contributed by atoms with Crippen molar-refractivity contribution in [2.45, 2.75) is 39.0 Å².